The van der Waals surface area contributed by atoms with E-state index in [0.29, 0.717) is 11.6 Å². The Labute approximate surface area is 149 Å². The Morgan fingerprint density at radius 1 is 1.16 bits per heavy atom. The van der Waals surface area contributed by atoms with Crippen molar-refractivity contribution in [3.05, 3.63) is 29.6 Å². The van der Waals surface area contributed by atoms with Gasteiger partial charge in [-0.05, 0) is 75.6 Å². The Hall–Kier alpha value is -1.64. The molecule has 0 unspecified atom stereocenters. The maximum atomic E-state index is 13.9. The van der Waals surface area contributed by atoms with E-state index < -0.39 is 5.82 Å². The highest BCUT2D eigenvalue weighted by Crippen LogP contribution is 2.27. The fraction of sp³-hybridized carbons (Fsp3) is 0.650. The monoisotopic (exact) mass is 345 g/mol. The van der Waals surface area contributed by atoms with Crippen LogP contribution < -0.4 is 10.5 Å². The molecule has 2 N–H and O–H groups in total. The molecule has 136 valence electrons. The molecule has 1 aromatic carbocycles. The Bertz CT molecular complexity index is 599. The topological polar surface area (TPSA) is 62.3 Å². The van der Waals surface area contributed by atoms with Crippen LogP contribution in [-0.4, -0.2) is 36.7 Å². The first-order valence-corrected chi connectivity index (χ1v) is 9.48. The molecule has 2 aliphatic rings. The van der Waals surface area contributed by atoms with Crippen molar-refractivity contribution < 1.29 is 9.13 Å². The van der Waals surface area contributed by atoms with Crippen LogP contribution >= 0.6 is 0 Å². The SMILES string of the molecule is N#Cc1ccc(OC2CCN(CC[C@H]3CC[C@H](N)CC3)CC2)c(F)c1. The molecule has 0 amide bonds. The van der Waals surface area contributed by atoms with Crippen molar-refractivity contribution in [2.24, 2.45) is 11.7 Å². The number of nitriles is 1. The summed E-state index contributed by atoms with van der Waals surface area (Å²) in [7, 11) is 0. The first kappa shape index (κ1) is 18.2. The molecule has 5 heteroatoms. The number of ether oxygens (including phenoxy) is 1. The van der Waals surface area contributed by atoms with E-state index in [4.69, 9.17) is 15.7 Å². The van der Waals surface area contributed by atoms with Crippen LogP contribution in [0.15, 0.2) is 18.2 Å². The van der Waals surface area contributed by atoms with E-state index in [1.54, 1.807) is 12.1 Å². The van der Waals surface area contributed by atoms with Gasteiger partial charge in [0, 0.05) is 19.1 Å². The molecule has 1 saturated carbocycles. The van der Waals surface area contributed by atoms with Crippen LogP contribution in [0.3, 0.4) is 0 Å². The third kappa shape index (κ3) is 5.17. The Kier molecular flexibility index (Phi) is 6.28. The molecule has 1 aromatic rings. The van der Waals surface area contributed by atoms with Gasteiger partial charge in [0.15, 0.2) is 11.6 Å². The van der Waals surface area contributed by atoms with Gasteiger partial charge in [0.1, 0.15) is 6.10 Å². The molecular weight excluding hydrogens is 317 g/mol. The Morgan fingerprint density at radius 2 is 1.88 bits per heavy atom. The van der Waals surface area contributed by atoms with Gasteiger partial charge in [-0.25, -0.2) is 4.39 Å². The summed E-state index contributed by atoms with van der Waals surface area (Å²) in [6, 6.07) is 6.76. The molecule has 0 spiro atoms. The maximum absolute atomic E-state index is 13.9. The zero-order chi connectivity index (χ0) is 17.6. The zero-order valence-electron chi connectivity index (χ0n) is 14.8. The molecule has 2 fully saturated rings. The number of piperidine rings is 1. The minimum Gasteiger partial charge on any atom is -0.487 e. The van der Waals surface area contributed by atoms with Crippen molar-refractivity contribution in [1.82, 2.24) is 4.90 Å². The van der Waals surface area contributed by atoms with Crippen LogP contribution in [0.25, 0.3) is 0 Å². The lowest BCUT2D eigenvalue weighted by Gasteiger charge is -2.34. The number of hydrogen-bond acceptors (Lipinski definition) is 4. The number of halogens is 1. The summed E-state index contributed by atoms with van der Waals surface area (Å²) in [6.07, 6.45) is 8.09. The number of nitrogens with zero attached hydrogens (tertiary/aromatic N) is 2. The first-order chi connectivity index (χ1) is 12.1. The molecular formula is C20H28FN3O. The fourth-order valence-electron chi connectivity index (χ4n) is 3.94. The lowest BCUT2D eigenvalue weighted by atomic mass is 9.84. The van der Waals surface area contributed by atoms with Gasteiger partial charge in [-0.2, -0.15) is 5.26 Å². The number of likely N-dealkylation sites (tertiary alicyclic amines) is 1. The minimum absolute atomic E-state index is 0.0614. The molecule has 1 aliphatic carbocycles. The lowest BCUT2D eigenvalue weighted by molar-refractivity contribution is 0.0922. The normalized spacial score (nSPS) is 25.5. The van der Waals surface area contributed by atoms with Gasteiger partial charge >= 0.3 is 0 Å². The zero-order valence-corrected chi connectivity index (χ0v) is 14.8. The summed E-state index contributed by atoms with van der Waals surface area (Å²) in [5, 5.41) is 8.79. The van der Waals surface area contributed by atoms with Gasteiger partial charge in [0.25, 0.3) is 0 Å². The fourth-order valence-corrected chi connectivity index (χ4v) is 3.94. The summed E-state index contributed by atoms with van der Waals surface area (Å²) in [5.74, 6) is 0.648. The average molecular weight is 345 g/mol. The molecule has 4 nitrogen and oxygen atoms in total. The summed E-state index contributed by atoms with van der Waals surface area (Å²) in [4.78, 5) is 2.50. The average Bonchev–Trinajstić information content (AvgIpc) is 2.64. The van der Waals surface area contributed by atoms with Gasteiger partial charge in [-0.1, -0.05) is 0 Å². The van der Waals surface area contributed by atoms with E-state index in [0.717, 1.165) is 38.4 Å². The van der Waals surface area contributed by atoms with Crippen molar-refractivity contribution in [3.8, 4) is 11.8 Å². The molecule has 1 heterocycles. The van der Waals surface area contributed by atoms with E-state index in [9.17, 15) is 4.39 Å². The second-order valence-electron chi connectivity index (χ2n) is 7.49. The summed E-state index contributed by atoms with van der Waals surface area (Å²) >= 11 is 0. The van der Waals surface area contributed by atoms with Crippen molar-refractivity contribution in [3.63, 3.8) is 0 Å². The van der Waals surface area contributed by atoms with E-state index in [1.807, 2.05) is 6.07 Å². The number of hydrogen-bond donors (Lipinski definition) is 1. The van der Waals surface area contributed by atoms with Gasteiger partial charge < -0.3 is 15.4 Å². The highest BCUT2D eigenvalue weighted by molar-refractivity contribution is 5.36. The number of rotatable bonds is 5. The first-order valence-electron chi connectivity index (χ1n) is 9.48. The van der Waals surface area contributed by atoms with Crippen LogP contribution in [0.2, 0.25) is 0 Å². The second-order valence-corrected chi connectivity index (χ2v) is 7.49. The van der Waals surface area contributed by atoms with E-state index in [1.165, 1.54) is 38.2 Å². The molecule has 0 radical (unpaired) electrons. The van der Waals surface area contributed by atoms with Gasteiger partial charge in [-0.3, -0.25) is 0 Å². The van der Waals surface area contributed by atoms with Crippen molar-refractivity contribution in [2.75, 3.05) is 19.6 Å². The number of nitrogens with two attached hydrogens (primary N) is 1. The third-order valence-corrected chi connectivity index (χ3v) is 5.63. The summed E-state index contributed by atoms with van der Waals surface area (Å²) in [6.45, 7) is 3.17. The minimum atomic E-state index is -0.447. The molecule has 3 rings (SSSR count). The smallest absolute Gasteiger partial charge is 0.166 e. The highest BCUT2D eigenvalue weighted by atomic mass is 19.1. The predicted octanol–water partition coefficient (Wildman–Crippen LogP) is 3.45. The molecule has 1 aliphatic heterocycles. The molecule has 0 atom stereocenters. The van der Waals surface area contributed by atoms with Crippen molar-refractivity contribution >= 4 is 0 Å². The van der Waals surface area contributed by atoms with E-state index in [-0.39, 0.29) is 11.9 Å². The van der Waals surface area contributed by atoms with Gasteiger partial charge in [0.05, 0.1) is 11.6 Å². The molecule has 25 heavy (non-hydrogen) atoms. The Balaban J connectivity index is 1.39. The summed E-state index contributed by atoms with van der Waals surface area (Å²) in [5.41, 5.74) is 6.30. The van der Waals surface area contributed by atoms with Crippen molar-refractivity contribution in [1.29, 1.82) is 5.26 Å². The van der Waals surface area contributed by atoms with Crippen LogP contribution in [0.4, 0.5) is 4.39 Å². The Morgan fingerprint density at radius 3 is 2.52 bits per heavy atom. The van der Waals surface area contributed by atoms with Crippen molar-refractivity contribution in [2.45, 2.75) is 57.1 Å². The quantitative estimate of drug-likeness (QED) is 0.888. The van der Waals surface area contributed by atoms with E-state index in [2.05, 4.69) is 4.90 Å². The molecule has 1 saturated heterocycles. The van der Waals surface area contributed by atoms with Crippen LogP contribution in [0.1, 0.15) is 50.5 Å². The van der Waals surface area contributed by atoms with E-state index >= 15 is 0 Å². The summed E-state index contributed by atoms with van der Waals surface area (Å²) < 4.78 is 19.7. The standard InChI is InChI=1S/C20H28FN3O/c21-19-13-16(14-22)3-6-20(19)25-18-8-11-24(12-9-18)10-7-15-1-4-17(23)5-2-15/h3,6,13,15,17-18H,1-2,4-5,7-12,23H2/t15-,17-. The van der Waals surface area contributed by atoms with Gasteiger partial charge in [0.2, 0.25) is 0 Å². The molecule has 0 aromatic heterocycles. The van der Waals surface area contributed by atoms with Crippen LogP contribution in [0.5, 0.6) is 5.75 Å². The largest absolute Gasteiger partial charge is 0.487 e. The van der Waals surface area contributed by atoms with Crippen LogP contribution in [-0.2, 0) is 0 Å². The second kappa shape index (κ2) is 8.64. The highest BCUT2D eigenvalue weighted by Gasteiger charge is 2.23. The third-order valence-electron chi connectivity index (χ3n) is 5.63. The number of benzene rings is 1. The maximum Gasteiger partial charge on any atom is 0.166 e. The molecule has 0 bridgehead atoms. The lowest BCUT2D eigenvalue weighted by Crippen LogP contribution is -2.39. The predicted molar refractivity (Wildman–Crippen MR) is 95.8 cm³/mol. The van der Waals surface area contributed by atoms with Gasteiger partial charge in [-0.15, -0.1) is 0 Å². The van der Waals surface area contributed by atoms with Crippen LogP contribution in [0, 0.1) is 23.1 Å².